The van der Waals surface area contributed by atoms with Gasteiger partial charge in [-0.05, 0) is 24.5 Å². The summed E-state index contributed by atoms with van der Waals surface area (Å²) in [6, 6.07) is 7.48. The number of carbonyl (C=O) groups is 2. The minimum atomic E-state index is -0.453. The van der Waals surface area contributed by atoms with E-state index in [1.165, 1.54) is 6.42 Å². The van der Waals surface area contributed by atoms with Gasteiger partial charge in [0.15, 0.2) is 0 Å². The van der Waals surface area contributed by atoms with Gasteiger partial charge in [0.25, 0.3) is 0 Å². The van der Waals surface area contributed by atoms with E-state index < -0.39 is 5.54 Å². The molecule has 1 aromatic rings. The van der Waals surface area contributed by atoms with Crippen molar-refractivity contribution in [1.82, 2.24) is 10.2 Å². The lowest BCUT2D eigenvalue weighted by atomic mass is 9.78. The first-order valence-electron chi connectivity index (χ1n) is 9.72. The van der Waals surface area contributed by atoms with Crippen LogP contribution in [0.1, 0.15) is 50.1 Å². The summed E-state index contributed by atoms with van der Waals surface area (Å²) in [6.45, 7) is 2.97. The van der Waals surface area contributed by atoms with Crippen LogP contribution in [-0.2, 0) is 14.3 Å². The Bertz CT molecular complexity index is 679. The molecule has 2 aliphatic heterocycles. The van der Waals surface area contributed by atoms with Crippen LogP contribution in [0.3, 0.4) is 0 Å². The number of rotatable bonds is 3. The Morgan fingerprint density at radius 1 is 1.15 bits per heavy atom. The van der Waals surface area contributed by atoms with Crippen LogP contribution in [0.5, 0.6) is 0 Å². The lowest BCUT2D eigenvalue weighted by molar-refractivity contribution is -0.141. The Morgan fingerprint density at radius 2 is 1.88 bits per heavy atom. The maximum atomic E-state index is 13.5. The highest BCUT2D eigenvalue weighted by molar-refractivity contribution is 5.96. The number of anilines is 1. The molecule has 1 aliphatic carbocycles. The summed E-state index contributed by atoms with van der Waals surface area (Å²) in [5.74, 6) is 0.0340. The van der Waals surface area contributed by atoms with Gasteiger partial charge in [0, 0.05) is 18.8 Å². The summed E-state index contributed by atoms with van der Waals surface area (Å²) >= 11 is 0. The molecule has 3 aliphatic rings. The molecule has 6 nitrogen and oxygen atoms in total. The number of fused-ring (bicyclic) bond motifs is 1. The number of ether oxygens (including phenoxy) is 1. The second kappa shape index (κ2) is 7.37. The molecular weight excluding hydrogens is 330 g/mol. The minimum Gasteiger partial charge on any atom is -0.379 e. The molecule has 0 aromatic heterocycles. The molecule has 1 saturated carbocycles. The van der Waals surface area contributed by atoms with Crippen molar-refractivity contribution in [2.45, 2.75) is 50.1 Å². The van der Waals surface area contributed by atoms with Crippen molar-refractivity contribution in [2.24, 2.45) is 0 Å². The predicted octanol–water partition coefficient (Wildman–Crippen LogP) is 2.22. The van der Waals surface area contributed by atoms with Gasteiger partial charge in [0.1, 0.15) is 5.54 Å². The van der Waals surface area contributed by atoms with E-state index in [4.69, 9.17) is 4.74 Å². The zero-order valence-corrected chi connectivity index (χ0v) is 15.1. The highest BCUT2D eigenvalue weighted by Gasteiger charge is 2.46. The molecule has 2 amide bonds. The molecular formula is C20H27N3O3. The number of hydrogen-bond donors (Lipinski definition) is 2. The first-order valence-corrected chi connectivity index (χ1v) is 9.72. The van der Waals surface area contributed by atoms with Crippen molar-refractivity contribution in [3.63, 3.8) is 0 Å². The maximum absolute atomic E-state index is 13.5. The third-order valence-electron chi connectivity index (χ3n) is 6.02. The van der Waals surface area contributed by atoms with Crippen LogP contribution in [0.25, 0.3) is 0 Å². The number of benzene rings is 1. The van der Waals surface area contributed by atoms with Gasteiger partial charge in [0.05, 0.1) is 25.7 Å². The van der Waals surface area contributed by atoms with Gasteiger partial charge < -0.3 is 15.4 Å². The molecule has 6 heteroatoms. The van der Waals surface area contributed by atoms with Crippen LogP contribution in [0, 0.1) is 0 Å². The molecule has 26 heavy (non-hydrogen) atoms. The highest BCUT2D eigenvalue weighted by atomic mass is 16.5. The number of amides is 2. The Balaban J connectivity index is 1.58. The van der Waals surface area contributed by atoms with E-state index >= 15 is 0 Å². The topological polar surface area (TPSA) is 70.7 Å². The van der Waals surface area contributed by atoms with Crippen molar-refractivity contribution >= 4 is 17.5 Å². The number of para-hydroxylation sites is 1. The second-order valence-electron chi connectivity index (χ2n) is 7.56. The molecule has 2 heterocycles. The number of morpholine rings is 1. The van der Waals surface area contributed by atoms with Crippen molar-refractivity contribution in [3.05, 3.63) is 29.8 Å². The van der Waals surface area contributed by atoms with Crippen LogP contribution >= 0.6 is 0 Å². The molecule has 0 bridgehead atoms. The summed E-state index contributed by atoms with van der Waals surface area (Å²) < 4.78 is 5.50. The monoisotopic (exact) mass is 357 g/mol. The largest absolute Gasteiger partial charge is 0.379 e. The number of nitrogens with one attached hydrogen (secondary N) is 2. The Kier molecular flexibility index (Phi) is 4.96. The maximum Gasteiger partial charge on any atom is 0.241 e. The van der Waals surface area contributed by atoms with Crippen molar-refractivity contribution in [3.8, 4) is 0 Å². The summed E-state index contributed by atoms with van der Waals surface area (Å²) in [4.78, 5) is 27.9. The molecule has 1 aromatic carbocycles. The SMILES string of the molecule is O=C1C[C@@H](NC(=O)C2(N3CCOCC3)CCCCC2)c2ccccc2N1. The van der Waals surface area contributed by atoms with Gasteiger partial charge in [-0.3, -0.25) is 14.5 Å². The van der Waals surface area contributed by atoms with Crippen molar-refractivity contribution in [2.75, 3.05) is 31.6 Å². The fraction of sp³-hybridized carbons (Fsp3) is 0.600. The first-order chi connectivity index (χ1) is 12.7. The Hall–Kier alpha value is -1.92. The first kappa shape index (κ1) is 17.5. The van der Waals surface area contributed by atoms with Gasteiger partial charge in [-0.15, -0.1) is 0 Å². The number of nitrogens with zero attached hydrogens (tertiary/aromatic N) is 1. The fourth-order valence-electron chi connectivity index (χ4n) is 4.65. The summed E-state index contributed by atoms with van der Waals surface area (Å²) in [5, 5.41) is 6.13. The zero-order valence-electron chi connectivity index (χ0n) is 15.1. The quantitative estimate of drug-likeness (QED) is 0.870. The molecule has 2 fully saturated rings. The van der Waals surface area contributed by atoms with E-state index in [2.05, 4.69) is 15.5 Å². The van der Waals surface area contributed by atoms with E-state index in [0.717, 1.165) is 50.0 Å². The highest BCUT2D eigenvalue weighted by Crippen LogP contribution is 2.37. The van der Waals surface area contributed by atoms with Crippen LogP contribution < -0.4 is 10.6 Å². The fourth-order valence-corrected chi connectivity index (χ4v) is 4.65. The van der Waals surface area contributed by atoms with E-state index in [9.17, 15) is 9.59 Å². The summed E-state index contributed by atoms with van der Waals surface area (Å²) in [6.07, 6.45) is 5.41. The average molecular weight is 357 g/mol. The van der Waals surface area contributed by atoms with E-state index in [0.29, 0.717) is 19.6 Å². The molecule has 2 N–H and O–H groups in total. The minimum absolute atomic E-state index is 0.0435. The Labute approximate surface area is 154 Å². The standard InChI is InChI=1S/C20H27N3O3/c24-18-14-17(15-6-2-3-7-16(15)21-18)22-19(25)20(8-4-1-5-9-20)23-10-12-26-13-11-23/h2-3,6-7,17H,1,4-5,8-14H2,(H,21,24)(H,22,25)/t17-/m1/s1. The number of carbonyl (C=O) groups excluding carboxylic acids is 2. The molecule has 1 saturated heterocycles. The van der Waals surface area contributed by atoms with Crippen LogP contribution in [0.4, 0.5) is 5.69 Å². The molecule has 0 unspecified atom stereocenters. The zero-order chi connectivity index (χ0) is 18.0. The third kappa shape index (κ3) is 3.23. The molecule has 0 radical (unpaired) electrons. The van der Waals surface area contributed by atoms with Crippen LogP contribution in [0.15, 0.2) is 24.3 Å². The smallest absolute Gasteiger partial charge is 0.241 e. The average Bonchev–Trinajstić information content (AvgIpc) is 2.69. The normalized spacial score (nSPS) is 25.8. The van der Waals surface area contributed by atoms with Gasteiger partial charge in [-0.1, -0.05) is 37.5 Å². The lowest BCUT2D eigenvalue weighted by Gasteiger charge is -2.47. The summed E-state index contributed by atoms with van der Waals surface area (Å²) in [5.41, 5.74) is 1.34. The van der Waals surface area contributed by atoms with E-state index in [1.54, 1.807) is 0 Å². The van der Waals surface area contributed by atoms with Gasteiger partial charge in [-0.2, -0.15) is 0 Å². The summed E-state index contributed by atoms with van der Waals surface area (Å²) in [7, 11) is 0. The van der Waals surface area contributed by atoms with Crippen molar-refractivity contribution < 1.29 is 14.3 Å². The van der Waals surface area contributed by atoms with Gasteiger partial charge in [-0.25, -0.2) is 0 Å². The molecule has 4 rings (SSSR count). The third-order valence-corrected chi connectivity index (χ3v) is 6.02. The van der Waals surface area contributed by atoms with Crippen LogP contribution in [0.2, 0.25) is 0 Å². The van der Waals surface area contributed by atoms with Gasteiger partial charge >= 0.3 is 0 Å². The van der Waals surface area contributed by atoms with E-state index in [-0.39, 0.29) is 17.9 Å². The van der Waals surface area contributed by atoms with E-state index in [1.807, 2.05) is 24.3 Å². The molecule has 0 spiro atoms. The van der Waals surface area contributed by atoms with Crippen LogP contribution in [-0.4, -0.2) is 48.6 Å². The Morgan fingerprint density at radius 3 is 2.65 bits per heavy atom. The van der Waals surface area contributed by atoms with Gasteiger partial charge in [0.2, 0.25) is 11.8 Å². The lowest BCUT2D eigenvalue weighted by Crippen LogP contribution is -2.62. The van der Waals surface area contributed by atoms with Crippen molar-refractivity contribution in [1.29, 1.82) is 0 Å². The second-order valence-corrected chi connectivity index (χ2v) is 7.56. The molecule has 1 atom stereocenters. The predicted molar refractivity (Wildman–Crippen MR) is 98.8 cm³/mol. The number of hydrogen-bond acceptors (Lipinski definition) is 4. The molecule has 140 valence electrons.